The van der Waals surface area contributed by atoms with Gasteiger partial charge in [-0.15, -0.1) is 0 Å². The lowest BCUT2D eigenvalue weighted by Gasteiger charge is -2.23. The Morgan fingerprint density at radius 2 is 1.69 bits per heavy atom. The SMILES string of the molecule is COc1c(Nc2c(N[C@@H](C)C(C)C)c(=O)c2=O)cccc1C(=O)N(C)C. The summed E-state index contributed by atoms with van der Waals surface area (Å²) < 4.78 is 5.38. The molecule has 2 rings (SSSR count). The lowest BCUT2D eigenvalue weighted by molar-refractivity contribution is 0.0824. The molecule has 0 aliphatic carbocycles. The molecule has 0 aromatic heterocycles. The first-order valence-electron chi connectivity index (χ1n) is 8.44. The van der Waals surface area contributed by atoms with E-state index in [1.54, 1.807) is 32.3 Å². The Balaban J connectivity index is 2.40. The first-order valence-corrected chi connectivity index (χ1v) is 8.44. The van der Waals surface area contributed by atoms with Gasteiger partial charge in [-0.05, 0) is 25.0 Å². The monoisotopic (exact) mass is 359 g/mol. The highest BCUT2D eigenvalue weighted by Crippen LogP contribution is 2.33. The van der Waals surface area contributed by atoms with Crippen LogP contribution in [0.1, 0.15) is 31.1 Å². The summed E-state index contributed by atoms with van der Waals surface area (Å²) in [5, 5.41) is 6.05. The van der Waals surface area contributed by atoms with Gasteiger partial charge < -0.3 is 20.3 Å². The number of carbonyl (C=O) groups excluding carboxylic acids is 1. The summed E-state index contributed by atoms with van der Waals surface area (Å²) >= 11 is 0. The normalized spacial score (nSPS) is 12.1. The van der Waals surface area contributed by atoms with E-state index in [-0.39, 0.29) is 23.3 Å². The smallest absolute Gasteiger partial charge is 0.257 e. The molecule has 26 heavy (non-hydrogen) atoms. The number of benzene rings is 1. The van der Waals surface area contributed by atoms with Crippen LogP contribution in [-0.4, -0.2) is 38.1 Å². The average molecular weight is 359 g/mol. The molecule has 0 fully saturated rings. The van der Waals surface area contributed by atoms with Crippen LogP contribution in [0.4, 0.5) is 17.1 Å². The van der Waals surface area contributed by atoms with E-state index in [0.717, 1.165) is 0 Å². The Labute approximate surface area is 152 Å². The number of hydrogen-bond acceptors (Lipinski definition) is 6. The van der Waals surface area contributed by atoms with Crippen LogP contribution in [-0.2, 0) is 0 Å². The fourth-order valence-corrected chi connectivity index (χ4v) is 2.44. The number of methoxy groups -OCH3 is 1. The van der Waals surface area contributed by atoms with Gasteiger partial charge in [0.05, 0.1) is 18.4 Å². The van der Waals surface area contributed by atoms with Gasteiger partial charge in [-0.25, -0.2) is 0 Å². The van der Waals surface area contributed by atoms with Gasteiger partial charge in [0.2, 0.25) is 0 Å². The molecule has 0 radical (unpaired) electrons. The van der Waals surface area contributed by atoms with E-state index in [9.17, 15) is 14.4 Å². The van der Waals surface area contributed by atoms with Crippen molar-refractivity contribution in [3.8, 4) is 5.75 Å². The minimum absolute atomic E-state index is 0.0300. The number of carbonyl (C=O) groups is 1. The van der Waals surface area contributed by atoms with Crippen molar-refractivity contribution >= 4 is 23.0 Å². The molecule has 2 N–H and O–H groups in total. The molecular weight excluding hydrogens is 334 g/mol. The molecule has 0 bridgehead atoms. The topological polar surface area (TPSA) is 87.7 Å². The summed E-state index contributed by atoms with van der Waals surface area (Å²) in [6.07, 6.45) is 0. The van der Waals surface area contributed by atoms with Gasteiger partial charge in [-0.3, -0.25) is 14.4 Å². The number of nitrogens with one attached hydrogen (secondary N) is 2. The number of nitrogens with zero attached hydrogens (tertiary/aromatic N) is 1. The Hall–Kier alpha value is -2.83. The largest absolute Gasteiger partial charge is 0.494 e. The lowest BCUT2D eigenvalue weighted by atomic mass is 10.0. The molecule has 7 nitrogen and oxygen atoms in total. The van der Waals surface area contributed by atoms with Crippen molar-refractivity contribution < 1.29 is 9.53 Å². The third-order valence-corrected chi connectivity index (χ3v) is 4.40. The Kier molecular flexibility index (Phi) is 5.69. The molecule has 7 heteroatoms. The molecule has 140 valence electrons. The maximum Gasteiger partial charge on any atom is 0.257 e. The van der Waals surface area contributed by atoms with Crippen molar-refractivity contribution in [2.24, 2.45) is 5.92 Å². The highest BCUT2D eigenvalue weighted by Gasteiger charge is 2.25. The van der Waals surface area contributed by atoms with Gasteiger partial charge in [0, 0.05) is 20.1 Å². The zero-order valence-corrected chi connectivity index (χ0v) is 16.0. The fourth-order valence-electron chi connectivity index (χ4n) is 2.44. The van der Waals surface area contributed by atoms with Gasteiger partial charge in [0.1, 0.15) is 11.4 Å². The van der Waals surface area contributed by atoms with Crippen molar-refractivity contribution in [3.63, 3.8) is 0 Å². The van der Waals surface area contributed by atoms with Crippen molar-refractivity contribution in [1.29, 1.82) is 0 Å². The van der Waals surface area contributed by atoms with E-state index in [4.69, 9.17) is 4.74 Å². The van der Waals surface area contributed by atoms with Gasteiger partial charge in [0.25, 0.3) is 16.8 Å². The van der Waals surface area contributed by atoms with Crippen LogP contribution in [0.15, 0.2) is 27.8 Å². The van der Waals surface area contributed by atoms with Gasteiger partial charge in [-0.2, -0.15) is 0 Å². The van der Waals surface area contributed by atoms with E-state index in [1.807, 2.05) is 20.8 Å². The minimum Gasteiger partial charge on any atom is -0.494 e. The second-order valence-corrected chi connectivity index (χ2v) is 6.80. The van der Waals surface area contributed by atoms with Crippen LogP contribution in [0.25, 0.3) is 0 Å². The van der Waals surface area contributed by atoms with Crippen LogP contribution in [0.2, 0.25) is 0 Å². The van der Waals surface area contributed by atoms with Crippen LogP contribution < -0.4 is 26.2 Å². The number of anilines is 3. The predicted octanol–water partition coefficient (Wildman–Crippen LogP) is 2.19. The van der Waals surface area contributed by atoms with Crippen LogP contribution in [0, 0.1) is 5.92 Å². The maximum atomic E-state index is 12.3. The summed E-state index contributed by atoms with van der Waals surface area (Å²) in [5.41, 5.74) is 0.144. The molecule has 0 aliphatic rings. The molecule has 1 atom stereocenters. The number of amides is 1. The highest BCUT2D eigenvalue weighted by molar-refractivity contribution is 5.99. The molecule has 2 aromatic carbocycles. The van der Waals surface area contributed by atoms with Crippen LogP contribution in [0.3, 0.4) is 0 Å². The van der Waals surface area contributed by atoms with Gasteiger partial charge in [0.15, 0.2) is 5.75 Å². The highest BCUT2D eigenvalue weighted by atomic mass is 16.5. The first kappa shape index (κ1) is 19.5. The molecule has 2 aromatic rings. The van der Waals surface area contributed by atoms with E-state index in [2.05, 4.69) is 10.6 Å². The summed E-state index contributed by atoms with van der Waals surface area (Å²) in [7, 11) is 4.75. The van der Waals surface area contributed by atoms with Crippen LogP contribution in [0.5, 0.6) is 5.75 Å². The number of hydrogen-bond donors (Lipinski definition) is 2. The number of ether oxygens (including phenoxy) is 1. The zero-order chi connectivity index (χ0) is 19.6. The minimum atomic E-state index is -0.588. The summed E-state index contributed by atoms with van der Waals surface area (Å²) in [6, 6.07) is 5.06. The quantitative estimate of drug-likeness (QED) is 0.737. The molecule has 0 saturated heterocycles. The molecule has 1 amide bonds. The van der Waals surface area contributed by atoms with Gasteiger partial charge >= 0.3 is 0 Å². The van der Waals surface area contributed by atoms with E-state index >= 15 is 0 Å². The molecule has 0 unspecified atom stereocenters. The molecule has 0 saturated carbocycles. The first-order chi connectivity index (χ1) is 12.2. The molecule has 0 spiro atoms. The van der Waals surface area contributed by atoms with E-state index in [1.165, 1.54) is 12.0 Å². The van der Waals surface area contributed by atoms with Crippen molar-refractivity contribution in [2.75, 3.05) is 31.8 Å². The van der Waals surface area contributed by atoms with Crippen molar-refractivity contribution in [1.82, 2.24) is 4.90 Å². The van der Waals surface area contributed by atoms with Crippen molar-refractivity contribution in [2.45, 2.75) is 26.8 Å². The number of para-hydroxylation sites is 1. The summed E-state index contributed by atoms with van der Waals surface area (Å²) in [5.74, 6) is 0.396. The van der Waals surface area contributed by atoms with E-state index < -0.39 is 10.9 Å². The Bertz CT molecular complexity index is 879. The second-order valence-electron chi connectivity index (χ2n) is 6.80. The van der Waals surface area contributed by atoms with E-state index in [0.29, 0.717) is 22.9 Å². The standard InChI is InChI=1S/C19H25N3O4/c1-10(2)11(3)20-14-15(17(24)16(14)23)21-13-9-7-8-12(18(13)26-6)19(25)22(4)5/h7-11,20-21H,1-6H3/t11-/m0/s1. The Morgan fingerprint density at radius 1 is 1.08 bits per heavy atom. The summed E-state index contributed by atoms with van der Waals surface area (Å²) in [4.78, 5) is 37.7. The second kappa shape index (κ2) is 7.59. The fraction of sp³-hybridized carbons (Fsp3) is 0.421. The average Bonchev–Trinajstić information content (AvgIpc) is 2.62. The zero-order valence-electron chi connectivity index (χ0n) is 16.0. The third-order valence-electron chi connectivity index (χ3n) is 4.40. The molecular formula is C19H25N3O4. The predicted molar refractivity (Wildman–Crippen MR) is 104 cm³/mol. The maximum absolute atomic E-state index is 12.3. The Morgan fingerprint density at radius 3 is 2.23 bits per heavy atom. The third kappa shape index (κ3) is 3.56. The van der Waals surface area contributed by atoms with Gasteiger partial charge in [-0.1, -0.05) is 19.9 Å². The summed E-state index contributed by atoms with van der Waals surface area (Å²) in [6.45, 7) is 5.99. The lowest BCUT2D eigenvalue weighted by Crippen LogP contribution is -2.39. The van der Waals surface area contributed by atoms with Crippen LogP contribution >= 0.6 is 0 Å². The number of rotatable bonds is 7. The molecule has 0 heterocycles. The van der Waals surface area contributed by atoms with Crippen molar-refractivity contribution in [3.05, 3.63) is 44.2 Å². The molecule has 0 aliphatic heterocycles.